The van der Waals surface area contributed by atoms with E-state index >= 15 is 0 Å². The molecule has 10 nitrogen and oxygen atoms in total. The van der Waals surface area contributed by atoms with E-state index in [1.165, 1.54) is 4.40 Å². The Kier molecular flexibility index (Phi) is 5.17. The predicted molar refractivity (Wildman–Crippen MR) is 120 cm³/mol. The number of rotatable bonds is 5. The fourth-order valence-electron chi connectivity index (χ4n) is 3.67. The molecule has 1 amide bonds. The number of aromatic nitrogens is 4. The van der Waals surface area contributed by atoms with Gasteiger partial charge in [-0.05, 0) is 43.3 Å². The molecule has 0 saturated heterocycles. The lowest BCUT2D eigenvalue weighted by Gasteiger charge is -2.18. The molecule has 3 heterocycles. The van der Waals surface area contributed by atoms with Gasteiger partial charge in [-0.15, -0.1) is 5.10 Å². The Hall–Kier alpha value is -4.34. The summed E-state index contributed by atoms with van der Waals surface area (Å²) in [6, 6.07) is 14.3. The number of benzene rings is 2. The first-order valence-electron chi connectivity index (χ1n) is 10.3. The zero-order chi connectivity index (χ0) is 22.9. The minimum absolute atomic E-state index is 0.244. The molecule has 5 rings (SSSR count). The highest BCUT2D eigenvalue weighted by Gasteiger charge is 2.16. The summed E-state index contributed by atoms with van der Waals surface area (Å²) in [4.78, 5) is 30.0. The molecule has 33 heavy (non-hydrogen) atoms. The van der Waals surface area contributed by atoms with E-state index < -0.39 is 11.6 Å². The van der Waals surface area contributed by atoms with Crippen LogP contribution in [0.2, 0.25) is 0 Å². The summed E-state index contributed by atoms with van der Waals surface area (Å²) >= 11 is 0. The van der Waals surface area contributed by atoms with Crippen molar-refractivity contribution in [1.82, 2.24) is 19.2 Å². The second-order valence-electron chi connectivity index (χ2n) is 7.46. The van der Waals surface area contributed by atoms with E-state index in [4.69, 9.17) is 14.2 Å². The van der Waals surface area contributed by atoms with Crippen molar-refractivity contribution in [3.63, 3.8) is 0 Å². The highest BCUT2D eigenvalue weighted by molar-refractivity contribution is 5.90. The zero-order valence-electron chi connectivity index (χ0n) is 18.1. The predicted octanol–water partition coefficient (Wildman–Crippen LogP) is 2.28. The first-order valence-corrected chi connectivity index (χ1v) is 10.3. The molecule has 0 fully saturated rings. The number of carbonyl (C=O) groups is 1. The number of hydrogen-bond donors (Lipinski definition) is 1. The Morgan fingerprint density at radius 3 is 2.61 bits per heavy atom. The third-order valence-corrected chi connectivity index (χ3v) is 5.24. The molecule has 0 atom stereocenters. The van der Waals surface area contributed by atoms with Crippen LogP contribution in [0.3, 0.4) is 0 Å². The Bertz CT molecular complexity index is 1410. The quantitative estimate of drug-likeness (QED) is 0.500. The Balaban J connectivity index is 1.39. The third kappa shape index (κ3) is 3.98. The van der Waals surface area contributed by atoms with Gasteiger partial charge in [0.2, 0.25) is 5.91 Å². The Labute approximate surface area is 188 Å². The standard InChI is InChI=1S/C23H21N5O5/c1-14-24-18(15-3-6-17(31-2)7-4-15)12-21-26-27(23(30)28(14)21)13-22(29)25-16-5-8-19-20(11-16)33-10-9-32-19/h3-8,11-12H,9-10,13H2,1-2H3,(H,25,29). The molecule has 10 heteroatoms. The van der Waals surface area contributed by atoms with Crippen LogP contribution in [0.1, 0.15) is 5.82 Å². The number of amides is 1. The van der Waals surface area contributed by atoms with Crippen molar-refractivity contribution in [2.24, 2.45) is 0 Å². The van der Waals surface area contributed by atoms with Crippen LogP contribution in [0.5, 0.6) is 17.2 Å². The normalized spacial score (nSPS) is 12.5. The van der Waals surface area contributed by atoms with Crippen molar-refractivity contribution in [3.05, 3.63) is 64.8 Å². The van der Waals surface area contributed by atoms with Crippen molar-refractivity contribution in [3.8, 4) is 28.5 Å². The SMILES string of the molecule is COc1ccc(-c2cc3nn(CC(=O)Nc4ccc5c(c4)OCCO5)c(=O)n3c(C)n2)cc1. The molecule has 0 spiro atoms. The number of aryl methyl sites for hydroxylation is 1. The first-order chi connectivity index (χ1) is 16.0. The van der Waals surface area contributed by atoms with E-state index in [1.54, 1.807) is 38.3 Å². The van der Waals surface area contributed by atoms with Crippen LogP contribution >= 0.6 is 0 Å². The van der Waals surface area contributed by atoms with Gasteiger partial charge in [-0.2, -0.15) is 0 Å². The summed E-state index contributed by atoms with van der Waals surface area (Å²) in [6.45, 7) is 2.42. The average molecular weight is 447 g/mol. The van der Waals surface area contributed by atoms with Gasteiger partial charge in [0.05, 0.1) is 12.8 Å². The first kappa shape index (κ1) is 20.6. The lowest BCUT2D eigenvalue weighted by molar-refractivity contribution is -0.117. The fourth-order valence-corrected chi connectivity index (χ4v) is 3.67. The maximum atomic E-state index is 12.9. The van der Waals surface area contributed by atoms with Gasteiger partial charge >= 0.3 is 5.69 Å². The fraction of sp³-hybridized carbons (Fsp3) is 0.217. The summed E-state index contributed by atoms with van der Waals surface area (Å²) in [5, 5.41) is 7.11. The number of anilines is 1. The van der Waals surface area contributed by atoms with Crippen LogP contribution in [0, 0.1) is 6.92 Å². The number of nitrogens with zero attached hydrogens (tertiary/aromatic N) is 4. The second-order valence-corrected chi connectivity index (χ2v) is 7.46. The molecule has 1 aliphatic rings. The minimum Gasteiger partial charge on any atom is -0.497 e. The number of hydrogen-bond acceptors (Lipinski definition) is 7. The van der Waals surface area contributed by atoms with E-state index in [1.807, 2.05) is 24.3 Å². The molecule has 0 saturated carbocycles. The van der Waals surface area contributed by atoms with Gasteiger partial charge in [-0.1, -0.05) is 0 Å². The van der Waals surface area contributed by atoms with Crippen LogP contribution in [-0.2, 0) is 11.3 Å². The van der Waals surface area contributed by atoms with Gasteiger partial charge < -0.3 is 19.5 Å². The monoisotopic (exact) mass is 447 g/mol. The maximum absolute atomic E-state index is 12.9. The summed E-state index contributed by atoms with van der Waals surface area (Å²) in [5.41, 5.74) is 2.04. The van der Waals surface area contributed by atoms with Gasteiger partial charge in [0, 0.05) is 23.4 Å². The van der Waals surface area contributed by atoms with Gasteiger partial charge in [0.1, 0.15) is 31.3 Å². The maximum Gasteiger partial charge on any atom is 0.352 e. The Morgan fingerprint density at radius 2 is 1.85 bits per heavy atom. The molecule has 0 aliphatic carbocycles. The number of carbonyl (C=O) groups excluding carboxylic acids is 1. The number of fused-ring (bicyclic) bond motifs is 2. The van der Waals surface area contributed by atoms with E-state index in [9.17, 15) is 9.59 Å². The molecule has 1 aliphatic heterocycles. The van der Waals surface area contributed by atoms with Gasteiger partial charge in [0.15, 0.2) is 17.1 Å². The van der Waals surface area contributed by atoms with E-state index in [2.05, 4.69) is 15.4 Å². The van der Waals surface area contributed by atoms with Crippen LogP contribution in [0.25, 0.3) is 16.9 Å². The van der Waals surface area contributed by atoms with Crippen molar-refractivity contribution >= 4 is 17.2 Å². The van der Waals surface area contributed by atoms with Crippen LogP contribution in [0.4, 0.5) is 5.69 Å². The molecule has 0 radical (unpaired) electrons. The number of methoxy groups -OCH3 is 1. The minimum atomic E-state index is -0.436. The lowest BCUT2D eigenvalue weighted by atomic mass is 10.1. The number of nitrogens with one attached hydrogen (secondary N) is 1. The second kappa shape index (κ2) is 8.30. The molecule has 0 unspecified atom stereocenters. The molecular weight excluding hydrogens is 426 g/mol. The molecule has 2 aromatic heterocycles. The highest BCUT2D eigenvalue weighted by atomic mass is 16.6. The Morgan fingerprint density at radius 1 is 1.09 bits per heavy atom. The van der Waals surface area contributed by atoms with Gasteiger partial charge in [-0.25, -0.2) is 18.9 Å². The van der Waals surface area contributed by atoms with Crippen molar-refractivity contribution < 1.29 is 19.0 Å². The number of ether oxygens (including phenoxy) is 3. The van der Waals surface area contributed by atoms with Crippen molar-refractivity contribution in [1.29, 1.82) is 0 Å². The highest BCUT2D eigenvalue weighted by Crippen LogP contribution is 2.32. The summed E-state index contributed by atoms with van der Waals surface area (Å²) in [7, 11) is 1.60. The summed E-state index contributed by atoms with van der Waals surface area (Å²) in [5.74, 6) is 2.02. The van der Waals surface area contributed by atoms with Crippen LogP contribution < -0.4 is 25.2 Å². The van der Waals surface area contributed by atoms with E-state index in [0.29, 0.717) is 47.6 Å². The van der Waals surface area contributed by atoms with Gasteiger partial charge in [0.25, 0.3) is 0 Å². The van der Waals surface area contributed by atoms with Crippen LogP contribution in [-0.4, -0.2) is 45.4 Å². The van der Waals surface area contributed by atoms with Crippen molar-refractivity contribution in [2.75, 3.05) is 25.6 Å². The average Bonchev–Trinajstić information content (AvgIpc) is 3.14. The van der Waals surface area contributed by atoms with Gasteiger partial charge in [-0.3, -0.25) is 4.79 Å². The molecule has 1 N–H and O–H groups in total. The molecule has 0 bridgehead atoms. The molecule has 2 aromatic carbocycles. The molecular formula is C23H21N5O5. The van der Waals surface area contributed by atoms with E-state index in [-0.39, 0.29) is 6.54 Å². The smallest absolute Gasteiger partial charge is 0.352 e. The van der Waals surface area contributed by atoms with Crippen LogP contribution in [0.15, 0.2) is 53.3 Å². The summed E-state index contributed by atoms with van der Waals surface area (Å²) in [6.07, 6.45) is 0. The zero-order valence-corrected chi connectivity index (χ0v) is 18.1. The largest absolute Gasteiger partial charge is 0.497 e. The topological polar surface area (TPSA) is 109 Å². The molecule has 4 aromatic rings. The third-order valence-electron chi connectivity index (χ3n) is 5.24. The van der Waals surface area contributed by atoms with Crippen molar-refractivity contribution in [2.45, 2.75) is 13.5 Å². The summed E-state index contributed by atoms with van der Waals surface area (Å²) < 4.78 is 18.7. The van der Waals surface area contributed by atoms with E-state index in [0.717, 1.165) is 16.0 Å². The lowest BCUT2D eigenvalue weighted by Crippen LogP contribution is -2.29. The molecule has 168 valence electrons.